The molecular weight excluding hydrogens is 582 g/mol. The van der Waals surface area contributed by atoms with E-state index in [1.165, 1.54) is 16.8 Å². The summed E-state index contributed by atoms with van der Waals surface area (Å²) in [6.45, 7) is 6.09. The van der Waals surface area contributed by atoms with Crippen LogP contribution in [-0.2, 0) is 27.7 Å². The van der Waals surface area contributed by atoms with Crippen LogP contribution in [0.1, 0.15) is 35.2 Å². The molecule has 1 aliphatic rings. The van der Waals surface area contributed by atoms with E-state index >= 15 is 0 Å². The van der Waals surface area contributed by atoms with Gasteiger partial charge in [0.1, 0.15) is 12.3 Å². The lowest BCUT2D eigenvalue weighted by Gasteiger charge is -2.31. The van der Waals surface area contributed by atoms with Crippen LogP contribution in [0.2, 0.25) is 0 Å². The summed E-state index contributed by atoms with van der Waals surface area (Å²) >= 11 is 0. The molecule has 2 N–H and O–H groups in total. The number of nitrogens with zero attached hydrogens (tertiary/aromatic N) is 7. The number of aryl methyl sites for hydroxylation is 2. The van der Waals surface area contributed by atoms with E-state index in [2.05, 4.69) is 41.9 Å². The Kier molecular flexibility index (Phi) is 9.17. The van der Waals surface area contributed by atoms with E-state index in [1.807, 2.05) is 13.8 Å². The maximum absolute atomic E-state index is 12.5. The maximum atomic E-state index is 12.5. The number of anilines is 2. The molecule has 5 rings (SSSR count). The third kappa shape index (κ3) is 7.94. The Morgan fingerprint density at radius 1 is 1.11 bits per heavy atom. The quantitative estimate of drug-likeness (QED) is 0.268. The minimum absolute atomic E-state index is 0.0140. The van der Waals surface area contributed by atoms with Crippen molar-refractivity contribution in [2.75, 3.05) is 30.0 Å². The van der Waals surface area contributed by atoms with Crippen LogP contribution in [-0.4, -0.2) is 69.6 Å². The van der Waals surface area contributed by atoms with Crippen molar-refractivity contribution < 1.29 is 17.9 Å². The SMILES string of the molecule is Cc1cc(C#N)cc(C)c1Oc1ccnc(NC2CCN(Cc3cn(CC(=O)Nc4ccc(S(C)(=O)=O)cc4)nn3)CC2)n1. The van der Waals surface area contributed by atoms with Gasteiger partial charge in [0.15, 0.2) is 9.84 Å². The smallest absolute Gasteiger partial charge is 0.246 e. The summed E-state index contributed by atoms with van der Waals surface area (Å²) in [7, 11) is -3.30. The third-order valence-electron chi connectivity index (χ3n) is 7.19. The summed E-state index contributed by atoms with van der Waals surface area (Å²) in [6.07, 6.45) is 6.32. The number of likely N-dealkylation sites (tertiary alicyclic amines) is 1. The van der Waals surface area contributed by atoms with E-state index in [9.17, 15) is 18.5 Å². The fourth-order valence-corrected chi connectivity index (χ4v) is 5.65. The zero-order chi connectivity index (χ0) is 31.3. The number of piperidine rings is 1. The molecule has 0 bridgehead atoms. The van der Waals surface area contributed by atoms with Crippen LogP contribution < -0.4 is 15.4 Å². The summed E-state index contributed by atoms with van der Waals surface area (Å²) in [6, 6.07) is 13.7. The third-order valence-corrected chi connectivity index (χ3v) is 8.32. The molecule has 2 aromatic heterocycles. The highest BCUT2D eigenvalue weighted by Gasteiger charge is 2.21. The van der Waals surface area contributed by atoms with Gasteiger partial charge in [0, 0.05) is 49.9 Å². The second-order valence-corrected chi connectivity index (χ2v) is 12.8. The molecule has 13 nitrogen and oxygen atoms in total. The highest BCUT2D eigenvalue weighted by Crippen LogP contribution is 2.29. The van der Waals surface area contributed by atoms with Gasteiger partial charge in [-0.05, 0) is 74.2 Å². The molecule has 3 heterocycles. The second-order valence-electron chi connectivity index (χ2n) is 10.8. The lowest BCUT2D eigenvalue weighted by Crippen LogP contribution is -2.39. The zero-order valence-corrected chi connectivity index (χ0v) is 25.5. The number of amides is 1. The van der Waals surface area contributed by atoms with Crippen molar-refractivity contribution in [3.63, 3.8) is 0 Å². The molecule has 0 unspecified atom stereocenters. The molecule has 1 fully saturated rings. The molecule has 0 radical (unpaired) electrons. The first kappa shape index (κ1) is 30.6. The second kappa shape index (κ2) is 13.2. The normalized spacial score (nSPS) is 14.1. The van der Waals surface area contributed by atoms with Gasteiger partial charge in [0.05, 0.1) is 28.4 Å². The first-order valence-electron chi connectivity index (χ1n) is 14.1. The lowest BCUT2D eigenvalue weighted by atomic mass is 10.1. The standard InChI is InChI=1S/C30H33N9O4S/c1-20-14-22(16-31)15-21(2)29(20)43-28-8-11-32-30(35-28)34-24-9-12-38(13-10-24)17-25-18-39(37-36-25)19-27(40)33-23-4-6-26(7-5-23)44(3,41)42/h4-8,11,14-15,18,24H,9-10,12-13,17,19H2,1-3H3,(H,33,40)(H,32,34,35). The molecule has 0 spiro atoms. The molecule has 0 saturated carbocycles. The molecule has 1 saturated heterocycles. The number of ether oxygens (including phenoxy) is 1. The predicted octanol–water partition coefficient (Wildman–Crippen LogP) is 3.47. The summed E-state index contributed by atoms with van der Waals surface area (Å²) in [4.78, 5) is 23.8. The minimum atomic E-state index is -3.30. The van der Waals surface area contributed by atoms with Crippen LogP contribution in [0, 0.1) is 25.2 Å². The number of nitrogens with one attached hydrogen (secondary N) is 2. The number of benzene rings is 2. The number of carbonyl (C=O) groups is 1. The molecule has 1 aliphatic heterocycles. The minimum Gasteiger partial charge on any atom is -0.438 e. The van der Waals surface area contributed by atoms with Crippen LogP contribution in [0.25, 0.3) is 0 Å². The van der Waals surface area contributed by atoms with Crippen LogP contribution in [0.5, 0.6) is 11.6 Å². The number of aromatic nitrogens is 5. The number of nitriles is 1. The van der Waals surface area contributed by atoms with E-state index in [0.717, 1.165) is 49.0 Å². The Balaban J connectivity index is 1.08. The van der Waals surface area contributed by atoms with Crippen molar-refractivity contribution in [3.8, 4) is 17.7 Å². The average Bonchev–Trinajstić information content (AvgIpc) is 3.42. The monoisotopic (exact) mass is 615 g/mol. The molecular formula is C30H33N9O4S. The first-order valence-corrected chi connectivity index (χ1v) is 15.9. The van der Waals surface area contributed by atoms with Gasteiger partial charge in [-0.2, -0.15) is 10.2 Å². The van der Waals surface area contributed by atoms with Gasteiger partial charge in [-0.15, -0.1) is 5.10 Å². The molecule has 0 aliphatic carbocycles. The molecule has 14 heteroatoms. The van der Waals surface area contributed by atoms with E-state index in [4.69, 9.17) is 4.74 Å². The molecule has 0 atom stereocenters. The Labute approximate surface area is 255 Å². The van der Waals surface area contributed by atoms with Crippen molar-refractivity contribution >= 4 is 27.4 Å². The fraction of sp³-hybridized carbons (Fsp3) is 0.333. The van der Waals surface area contributed by atoms with E-state index in [0.29, 0.717) is 35.4 Å². The van der Waals surface area contributed by atoms with Gasteiger partial charge < -0.3 is 15.4 Å². The van der Waals surface area contributed by atoms with Crippen LogP contribution in [0.15, 0.2) is 59.8 Å². The highest BCUT2D eigenvalue weighted by molar-refractivity contribution is 7.90. The van der Waals surface area contributed by atoms with Crippen molar-refractivity contribution in [2.24, 2.45) is 0 Å². The largest absolute Gasteiger partial charge is 0.438 e. The highest BCUT2D eigenvalue weighted by atomic mass is 32.2. The van der Waals surface area contributed by atoms with Gasteiger partial charge in [-0.1, -0.05) is 5.21 Å². The van der Waals surface area contributed by atoms with Gasteiger partial charge in [0.25, 0.3) is 0 Å². The van der Waals surface area contributed by atoms with Crippen molar-refractivity contribution in [1.29, 1.82) is 5.26 Å². The van der Waals surface area contributed by atoms with Crippen LogP contribution >= 0.6 is 0 Å². The topological polar surface area (TPSA) is 168 Å². The molecule has 2 aromatic carbocycles. The number of sulfone groups is 1. The number of rotatable bonds is 10. The number of carbonyl (C=O) groups excluding carboxylic acids is 1. The number of hydrogen-bond acceptors (Lipinski definition) is 11. The Bertz CT molecular complexity index is 1770. The fourth-order valence-electron chi connectivity index (χ4n) is 5.02. The average molecular weight is 616 g/mol. The van der Waals surface area contributed by atoms with Gasteiger partial charge in [-0.25, -0.2) is 18.1 Å². The summed E-state index contributed by atoms with van der Waals surface area (Å²) in [5, 5.41) is 23.6. The van der Waals surface area contributed by atoms with Crippen molar-refractivity contribution in [1.82, 2.24) is 29.9 Å². The first-order chi connectivity index (χ1) is 21.1. The summed E-state index contributed by atoms with van der Waals surface area (Å²) in [5.41, 5.74) is 3.59. The molecule has 1 amide bonds. The lowest BCUT2D eigenvalue weighted by molar-refractivity contribution is -0.116. The Hall–Kier alpha value is -4.87. The number of hydrogen-bond donors (Lipinski definition) is 2. The van der Waals surface area contributed by atoms with Gasteiger partial charge in [-0.3, -0.25) is 9.69 Å². The van der Waals surface area contributed by atoms with E-state index < -0.39 is 9.84 Å². The summed E-state index contributed by atoms with van der Waals surface area (Å²) < 4.78 is 30.8. The van der Waals surface area contributed by atoms with Crippen LogP contribution in [0.3, 0.4) is 0 Å². The Morgan fingerprint density at radius 2 is 1.82 bits per heavy atom. The van der Waals surface area contributed by atoms with E-state index in [-0.39, 0.29) is 23.4 Å². The van der Waals surface area contributed by atoms with Gasteiger partial charge >= 0.3 is 0 Å². The molecule has 228 valence electrons. The molecule has 4 aromatic rings. The zero-order valence-electron chi connectivity index (χ0n) is 24.7. The van der Waals surface area contributed by atoms with Crippen LogP contribution in [0.4, 0.5) is 11.6 Å². The van der Waals surface area contributed by atoms with Crippen molar-refractivity contribution in [2.45, 2.75) is 50.7 Å². The summed E-state index contributed by atoms with van der Waals surface area (Å²) in [5.74, 6) is 1.31. The molecule has 44 heavy (non-hydrogen) atoms. The Morgan fingerprint density at radius 3 is 2.48 bits per heavy atom. The maximum Gasteiger partial charge on any atom is 0.246 e. The predicted molar refractivity (Wildman–Crippen MR) is 163 cm³/mol. The van der Waals surface area contributed by atoms with Crippen molar-refractivity contribution in [3.05, 3.63) is 77.2 Å². The van der Waals surface area contributed by atoms with E-state index in [1.54, 1.807) is 42.7 Å². The van der Waals surface area contributed by atoms with Gasteiger partial charge in [0.2, 0.25) is 17.7 Å².